The third-order valence-corrected chi connectivity index (χ3v) is 4.62. The lowest BCUT2D eigenvalue weighted by Gasteiger charge is -2.26. The highest BCUT2D eigenvalue weighted by molar-refractivity contribution is 5.73. The van der Waals surface area contributed by atoms with Crippen molar-refractivity contribution in [3.63, 3.8) is 0 Å². The van der Waals surface area contributed by atoms with Crippen LogP contribution in [0, 0.1) is 0 Å². The number of amides is 2. The van der Waals surface area contributed by atoms with Gasteiger partial charge in [0.1, 0.15) is 5.75 Å². The maximum absolute atomic E-state index is 11.9. The Bertz CT molecular complexity index is 515. The van der Waals surface area contributed by atoms with Gasteiger partial charge in [-0.2, -0.15) is 0 Å². The highest BCUT2D eigenvalue weighted by Gasteiger charge is 2.21. The maximum Gasteiger partial charge on any atom is 0.314 e. The van der Waals surface area contributed by atoms with Crippen LogP contribution in [0.15, 0.2) is 24.3 Å². The predicted octanol–water partition coefficient (Wildman–Crippen LogP) is 2.81. The predicted molar refractivity (Wildman–Crippen MR) is 88.9 cm³/mol. The van der Waals surface area contributed by atoms with E-state index in [1.54, 1.807) is 0 Å². The van der Waals surface area contributed by atoms with Gasteiger partial charge in [0, 0.05) is 25.6 Å². The van der Waals surface area contributed by atoms with Gasteiger partial charge in [0.25, 0.3) is 0 Å². The number of ether oxygens (including phenoxy) is 2. The molecule has 2 unspecified atom stereocenters. The summed E-state index contributed by atoms with van der Waals surface area (Å²) in [7, 11) is 0. The summed E-state index contributed by atoms with van der Waals surface area (Å²) in [6, 6.07) is 7.98. The largest absolute Gasteiger partial charge is 0.493 e. The van der Waals surface area contributed by atoms with E-state index in [-0.39, 0.29) is 6.03 Å². The van der Waals surface area contributed by atoms with Gasteiger partial charge in [-0.1, -0.05) is 18.2 Å². The van der Waals surface area contributed by atoms with E-state index in [0.29, 0.717) is 31.7 Å². The number of carbonyl (C=O) groups excluding carboxylic acids is 1. The molecular weight excluding hydrogens is 292 g/mol. The summed E-state index contributed by atoms with van der Waals surface area (Å²) in [5, 5.41) is 5.92. The molecule has 1 aromatic carbocycles. The van der Waals surface area contributed by atoms with Crippen LogP contribution in [0.1, 0.15) is 43.6 Å². The van der Waals surface area contributed by atoms with Crippen LogP contribution in [0.25, 0.3) is 0 Å². The van der Waals surface area contributed by atoms with Crippen LogP contribution in [0.4, 0.5) is 4.79 Å². The average molecular weight is 318 g/mol. The Balaban J connectivity index is 1.38. The molecule has 0 bridgehead atoms. The van der Waals surface area contributed by atoms with E-state index < -0.39 is 0 Å². The van der Waals surface area contributed by atoms with Gasteiger partial charge in [0.15, 0.2) is 0 Å². The minimum Gasteiger partial charge on any atom is -0.493 e. The molecule has 5 nitrogen and oxygen atoms in total. The fraction of sp³-hybridized carbons (Fsp3) is 0.611. The fourth-order valence-electron chi connectivity index (χ4n) is 3.29. The van der Waals surface area contributed by atoms with Crippen molar-refractivity contribution in [3.8, 4) is 5.75 Å². The van der Waals surface area contributed by atoms with Crippen LogP contribution in [0.5, 0.6) is 5.75 Å². The average Bonchev–Trinajstić information content (AvgIpc) is 2.61. The van der Waals surface area contributed by atoms with Crippen molar-refractivity contribution >= 4 is 6.03 Å². The molecule has 0 aromatic heterocycles. The number of nitrogens with one attached hydrogen (secondary N) is 2. The molecule has 2 aliphatic rings. The number of hydrogen-bond acceptors (Lipinski definition) is 3. The number of carbonyl (C=O) groups is 1. The lowest BCUT2D eigenvalue weighted by Crippen LogP contribution is -2.40. The van der Waals surface area contributed by atoms with E-state index in [4.69, 9.17) is 9.47 Å². The third kappa shape index (κ3) is 4.61. The van der Waals surface area contributed by atoms with Gasteiger partial charge >= 0.3 is 6.03 Å². The molecule has 0 radical (unpaired) electrons. The molecule has 0 saturated carbocycles. The molecule has 2 amide bonds. The molecule has 23 heavy (non-hydrogen) atoms. The Morgan fingerprint density at radius 2 is 2.04 bits per heavy atom. The smallest absolute Gasteiger partial charge is 0.314 e. The molecule has 2 N–H and O–H groups in total. The van der Waals surface area contributed by atoms with Crippen molar-refractivity contribution in [1.29, 1.82) is 0 Å². The molecule has 0 aliphatic carbocycles. The lowest BCUT2D eigenvalue weighted by molar-refractivity contribution is 0.0120. The van der Waals surface area contributed by atoms with E-state index in [1.165, 1.54) is 12.0 Å². The van der Waals surface area contributed by atoms with Crippen molar-refractivity contribution in [2.24, 2.45) is 0 Å². The van der Waals surface area contributed by atoms with Gasteiger partial charge in [0.05, 0.1) is 12.7 Å². The number of fused-ring (bicyclic) bond motifs is 1. The molecule has 3 rings (SSSR count). The summed E-state index contributed by atoms with van der Waals surface area (Å²) in [6.45, 7) is 2.89. The van der Waals surface area contributed by atoms with Crippen molar-refractivity contribution in [2.75, 3.05) is 26.3 Å². The molecule has 2 atom stereocenters. The number of para-hydroxylation sites is 1. The second kappa shape index (κ2) is 8.20. The van der Waals surface area contributed by atoms with Crippen molar-refractivity contribution < 1.29 is 14.3 Å². The standard InChI is InChI=1S/C18H26N2O3/c21-18(19-10-8-15-5-3-4-11-22-15)20-13-14-9-12-23-17-7-2-1-6-16(14)17/h1-2,6-7,14-15H,3-5,8-13H2,(H2,19,20,21). The molecule has 126 valence electrons. The summed E-state index contributed by atoms with van der Waals surface area (Å²) < 4.78 is 11.3. The van der Waals surface area contributed by atoms with Gasteiger partial charge in [0.2, 0.25) is 0 Å². The van der Waals surface area contributed by atoms with Crippen LogP contribution < -0.4 is 15.4 Å². The van der Waals surface area contributed by atoms with E-state index in [0.717, 1.165) is 38.0 Å². The highest BCUT2D eigenvalue weighted by Crippen LogP contribution is 2.32. The van der Waals surface area contributed by atoms with Gasteiger partial charge in [-0.3, -0.25) is 0 Å². The summed E-state index contributed by atoms with van der Waals surface area (Å²) in [5.74, 6) is 1.27. The molecule has 2 heterocycles. The highest BCUT2D eigenvalue weighted by atomic mass is 16.5. The maximum atomic E-state index is 11.9. The minimum atomic E-state index is -0.0928. The number of rotatable bonds is 5. The van der Waals surface area contributed by atoms with Crippen LogP contribution in [0.3, 0.4) is 0 Å². The lowest BCUT2D eigenvalue weighted by atomic mass is 9.93. The SMILES string of the molecule is O=C(NCCC1CCCCO1)NCC1CCOc2ccccc21. The molecule has 5 heteroatoms. The van der Waals surface area contributed by atoms with Crippen LogP contribution in [-0.2, 0) is 4.74 Å². The van der Waals surface area contributed by atoms with E-state index in [2.05, 4.69) is 16.7 Å². The topological polar surface area (TPSA) is 59.6 Å². The van der Waals surface area contributed by atoms with Gasteiger partial charge < -0.3 is 20.1 Å². The normalized spacial score (nSPS) is 23.5. The first-order chi connectivity index (χ1) is 11.3. The van der Waals surface area contributed by atoms with Gasteiger partial charge in [-0.15, -0.1) is 0 Å². The zero-order valence-corrected chi connectivity index (χ0v) is 13.6. The fourth-order valence-corrected chi connectivity index (χ4v) is 3.29. The molecular formula is C18H26N2O3. The van der Waals surface area contributed by atoms with Gasteiger partial charge in [-0.05, 0) is 43.7 Å². The monoisotopic (exact) mass is 318 g/mol. The Morgan fingerprint density at radius 1 is 1.13 bits per heavy atom. The summed E-state index contributed by atoms with van der Waals surface area (Å²) >= 11 is 0. The number of urea groups is 1. The molecule has 1 saturated heterocycles. The Morgan fingerprint density at radius 3 is 2.91 bits per heavy atom. The second-order valence-electron chi connectivity index (χ2n) is 6.29. The number of hydrogen-bond donors (Lipinski definition) is 2. The van der Waals surface area contributed by atoms with E-state index in [1.807, 2.05) is 18.2 Å². The molecule has 1 aromatic rings. The quantitative estimate of drug-likeness (QED) is 0.877. The van der Waals surface area contributed by atoms with Crippen molar-refractivity contribution in [3.05, 3.63) is 29.8 Å². The Hall–Kier alpha value is -1.75. The Kier molecular flexibility index (Phi) is 5.75. The zero-order chi connectivity index (χ0) is 15.9. The van der Waals surface area contributed by atoms with Crippen LogP contribution >= 0.6 is 0 Å². The van der Waals surface area contributed by atoms with Crippen LogP contribution in [-0.4, -0.2) is 38.4 Å². The second-order valence-corrected chi connectivity index (χ2v) is 6.29. The van der Waals surface area contributed by atoms with Crippen molar-refractivity contribution in [1.82, 2.24) is 10.6 Å². The first-order valence-corrected chi connectivity index (χ1v) is 8.68. The summed E-state index contributed by atoms with van der Waals surface area (Å²) in [6.07, 6.45) is 5.66. The number of benzene rings is 1. The van der Waals surface area contributed by atoms with Crippen LogP contribution in [0.2, 0.25) is 0 Å². The molecule has 0 spiro atoms. The molecule has 1 fully saturated rings. The van der Waals surface area contributed by atoms with Gasteiger partial charge in [-0.25, -0.2) is 4.79 Å². The summed E-state index contributed by atoms with van der Waals surface area (Å²) in [4.78, 5) is 11.9. The first-order valence-electron chi connectivity index (χ1n) is 8.68. The minimum absolute atomic E-state index is 0.0928. The third-order valence-electron chi connectivity index (χ3n) is 4.62. The summed E-state index contributed by atoms with van der Waals surface area (Å²) in [5.41, 5.74) is 1.19. The molecule has 2 aliphatic heterocycles. The Labute approximate surface area is 137 Å². The van der Waals surface area contributed by atoms with E-state index >= 15 is 0 Å². The van der Waals surface area contributed by atoms with Crippen molar-refractivity contribution in [2.45, 2.75) is 44.1 Å². The first kappa shape index (κ1) is 16.1. The van der Waals surface area contributed by atoms with E-state index in [9.17, 15) is 4.79 Å². The zero-order valence-electron chi connectivity index (χ0n) is 13.6.